The third kappa shape index (κ3) is 3.64. The van der Waals surface area contributed by atoms with Crippen LogP contribution >= 0.6 is 0 Å². The highest BCUT2D eigenvalue weighted by Gasteiger charge is 2.56. The standard InChI is InChI=1S/C32H27NO6/c1-4-17-5-7-18(8-6-17)33-31(37)22-12-11-20-23(28(22)32(33)38)15-24-29(26(35)13-16(2)30(24)36)27(20)21-10-9-19(39-3)14-25(21)34/h4-11,13-14,22-23,27-28,34H,1,12,15H2,2-3H3/t22-,23+,27+,28-/m0/s1. The number of benzene rings is 2. The van der Waals surface area contributed by atoms with E-state index in [2.05, 4.69) is 6.58 Å². The van der Waals surface area contributed by atoms with Gasteiger partial charge in [-0.15, -0.1) is 0 Å². The van der Waals surface area contributed by atoms with Crippen molar-refractivity contribution in [3.63, 3.8) is 0 Å². The van der Waals surface area contributed by atoms with Crippen LogP contribution in [0.15, 0.2) is 83.5 Å². The summed E-state index contributed by atoms with van der Waals surface area (Å²) in [6.45, 7) is 5.36. The molecule has 3 aliphatic carbocycles. The van der Waals surface area contributed by atoms with Crippen LogP contribution in [-0.2, 0) is 19.2 Å². The number of fused-ring (bicyclic) bond motifs is 3. The van der Waals surface area contributed by atoms with Crippen molar-refractivity contribution in [1.82, 2.24) is 0 Å². The van der Waals surface area contributed by atoms with E-state index in [0.29, 0.717) is 40.1 Å². The molecule has 0 aromatic heterocycles. The molecule has 0 bridgehead atoms. The average Bonchev–Trinajstić information content (AvgIpc) is 3.20. The summed E-state index contributed by atoms with van der Waals surface area (Å²) < 4.78 is 5.24. The van der Waals surface area contributed by atoms with Gasteiger partial charge in [-0.25, -0.2) is 0 Å². The molecule has 1 fully saturated rings. The number of allylic oxidation sites excluding steroid dienone is 6. The second-order valence-electron chi connectivity index (χ2n) is 10.5. The summed E-state index contributed by atoms with van der Waals surface area (Å²) >= 11 is 0. The maximum absolute atomic E-state index is 13.9. The molecule has 4 aliphatic rings. The van der Waals surface area contributed by atoms with Gasteiger partial charge in [0.05, 0.1) is 24.6 Å². The van der Waals surface area contributed by atoms with Crippen LogP contribution in [0.2, 0.25) is 0 Å². The van der Waals surface area contributed by atoms with Gasteiger partial charge in [-0.1, -0.05) is 42.5 Å². The Morgan fingerprint density at radius 2 is 1.77 bits per heavy atom. The summed E-state index contributed by atoms with van der Waals surface area (Å²) in [5, 5.41) is 11.0. The molecule has 1 saturated heterocycles. The lowest BCUT2D eigenvalue weighted by Crippen LogP contribution is -2.39. The Labute approximate surface area is 225 Å². The summed E-state index contributed by atoms with van der Waals surface area (Å²) in [7, 11) is 1.49. The van der Waals surface area contributed by atoms with Crippen molar-refractivity contribution in [2.24, 2.45) is 17.8 Å². The highest BCUT2D eigenvalue weighted by Crippen LogP contribution is 2.56. The molecule has 2 aromatic rings. The first kappa shape index (κ1) is 24.8. The molecule has 0 saturated carbocycles. The van der Waals surface area contributed by atoms with E-state index in [1.807, 2.05) is 6.08 Å². The largest absolute Gasteiger partial charge is 0.507 e. The Hall–Kier alpha value is -4.52. The molecule has 6 rings (SSSR count). The van der Waals surface area contributed by atoms with Gasteiger partial charge in [-0.05, 0) is 55.5 Å². The van der Waals surface area contributed by atoms with Crippen LogP contribution in [0, 0.1) is 17.8 Å². The zero-order valence-corrected chi connectivity index (χ0v) is 21.6. The fraction of sp³-hybridized carbons (Fsp3) is 0.250. The number of aromatic hydroxyl groups is 1. The monoisotopic (exact) mass is 521 g/mol. The van der Waals surface area contributed by atoms with E-state index >= 15 is 0 Å². The van der Waals surface area contributed by atoms with E-state index in [1.165, 1.54) is 24.2 Å². The van der Waals surface area contributed by atoms with Gasteiger partial charge in [0.2, 0.25) is 11.8 Å². The number of Topliss-reactive ketones (excluding diaryl/α,β-unsaturated/α-hetero) is 1. The molecular weight excluding hydrogens is 494 g/mol. The molecule has 7 nitrogen and oxygen atoms in total. The molecular formula is C32H27NO6. The van der Waals surface area contributed by atoms with E-state index in [-0.39, 0.29) is 35.6 Å². The molecule has 4 atom stereocenters. The number of phenolic OH excluding ortho intramolecular Hbond substituents is 1. The van der Waals surface area contributed by atoms with E-state index in [1.54, 1.807) is 49.4 Å². The number of carbonyl (C=O) groups is 4. The molecule has 196 valence electrons. The molecule has 0 unspecified atom stereocenters. The number of hydrogen-bond donors (Lipinski definition) is 1. The van der Waals surface area contributed by atoms with Crippen LogP contribution in [0.3, 0.4) is 0 Å². The second-order valence-corrected chi connectivity index (χ2v) is 10.5. The summed E-state index contributed by atoms with van der Waals surface area (Å²) in [6.07, 6.45) is 5.49. The molecule has 0 radical (unpaired) electrons. The van der Waals surface area contributed by atoms with Crippen molar-refractivity contribution in [1.29, 1.82) is 0 Å². The van der Waals surface area contributed by atoms with Gasteiger partial charge in [0.25, 0.3) is 0 Å². The third-order valence-electron chi connectivity index (χ3n) is 8.50. The number of carbonyl (C=O) groups excluding carboxylic acids is 4. The van der Waals surface area contributed by atoms with E-state index in [9.17, 15) is 24.3 Å². The Morgan fingerprint density at radius 3 is 2.44 bits per heavy atom. The number of hydrogen-bond acceptors (Lipinski definition) is 6. The first-order chi connectivity index (χ1) is 18.7. The average molecular weight is 522 g/mol. The topological polar surface area (TPSA) is 101 Å². The predicted octanol–water partition coefficient (Wildman–Crippen LogP) is 4.68. The van der Waals surface area contributed by atoms with Crippen molar-refractivity contribution in [2.75, 3.05) is 12.0 Å². The molecule has 1 heterocycles. The number of rotatable bonds is 4. The maximum atomic E-state index is 13.9. The van der Waals surface area contributed by atoms with Gasteiger partial charge in [0.15, 0.2) is 11.6 Å². The number of phenols is 1. The Balaban J connectivity index is 1.48. The SMILES string of the molecule is C=Cc1ccc(N2C(=O)[C@H]3[C@H](CC=C4[C@H](c5ccc(OC)cc5O)C5=C(C[C@H]43)C(=O)C(C)=CC5=O)C2=O)cc1. The summed E-state index contributed by atoms with van der Waals surface area (Å²) in [6, 6.07) is 11.9. The Bertz CT molecular complexity index is 1570. The maximum Gasteiger partial charge on any atom is 0.238 e. The summed E-state index contributed by atoms with van der Waals surface area (Å²) in [5.41, 5.74) is 3.65. The Kier molecular flexibility index (Phi) is 5.75. The van der Waals surface area contributed by atoms with E-state index in [4.69, 9.17) is 4.74 Å². The van der Waals surface area contributed by atoms with Gasteiger partial charge >= 0.3 is 0 Å². The minimum atomic E-state index is -0.713. The highest BCUT2D eigenvalue weighted by molar-refractivity contribution is 6.25. The second kappa shape index (κ2) is 9.05. The predicted molar refractivity (Wildman–Crippen MR) is 145 cm³/mol. The number of nitrogens with zero attached hydrogens (tertiary/aromatic N) is 1. The number of amides is 2. The van der Waals surface area contributed by atoms with Gasteiger partial charge in [0, 0.05) is 34.3 Å². The molecule has 2 aromatic carbocycles. The zero-order chi connectivity index (χ0) is 27.6. The fourth-order valence-corrected chi connectivity index (χ4v) is 6.65. The summed E-state index contributed by atoms with van der Waals surface area (Å²) in [4.78, 5) is 55.5. The Morgan fingerprint density at radius 1 is 1.03 bits per heavy atom. The van der Waals surface area contributed by atoms with Crippen LogP contribution in [0.5, 0.6) is 11.5 Å². The van der Waals surface area contributed by atoms with Crippen molar-refractivity contribution < 1.29 is 29.0 Å². The number of anilines is 1. The minimum Gasteiger partial charge on any atom is -0.507 e. The fourth-order valence-electron chi connectivity index (χ4n) is 6.65. The van der Waals surface area contributed by atoms with Crippen LogP contribution in [0.25, 0.3) is 6.08 Å². The summed E-state index contributed by atoms with van der Waals surface area (Å²) in [5.74, 6) is -3.13. The molecule has 1 aliphatic heterocycles. The third-order valence-corrected chi connectivity index (χ3v) is 8.50. The van der Waals surface area contributed by atoms with Gasteiger partial charge in [0.1, 0.15) is 11.5 Å². The van der Waals surface area contributed by atoms with Gasteiger partial charge in [-0.3, -0.25) is 24.1 Å². The van der Waals surface area contributed by atoms with Crippen molar-refractivity contribution in [3.05, 3.63) is 94.6 Å². The lowest BCUT2D eigenvalue weighted by molar-refractivity contribution is -0.123. The molecule has 1 N–H and O–H groups in total. The van der Waals surface area contributed by atoms with Gasteiger partial charge in [-0.2, -0.15) is 0 Å². The smallest absolute Gasteiger partial charge is 0.238 e. The van der Waals surface area contributed by atoms with Crippen LogP contribution < -0.4 is 9.64 Å². The normalized spacial score (nSPS) is 26.1. The van der Waals surface area contributed by atoms with Gasteiger partial charge < -0.3 is 9.84 Å². The van der Waals surface area contributed by atoms with Crippen LogP contribution in [0.4, 0.5) is 5.69 Å². The molecule has 7 heteroatoms. The number of ketones is 2. The van der Waals surface area contributed by atoms with Crippen molar-refractivity contribution >= 4 is 35.1 Å². The first-order valence-electron chi connectivity index (χ1n) is 12.9. The number of ether oxygens (including phenoxy) is 1. The quantitative estimate of drug-likeness (QED) is 0.356. The first-order valence-corrected chi connectivity index (χ1v) is 12.9. The molecule has 39 heavy (non-hydrogen) atoms. The van der Waals surface area contributed by atoms with E-state index < -0.39 is 23.7 Å². The van der Waals surface area contributed by atoms with Crippen LogP contribution in [0.1, 0.15) is 36.8 Å². The lowest BCUT2D eigenvalue weighted by Gasteiger charge is -2.42. The van der Waals surface area contributed by atoms with Crippen molar-refractivity contribution in [2.45, 2.75) is 25.7 Å². The van der Waals surface area contributed by atoms with E-state index in [0.717, 1.165) is 11.1 Å². The van der Waals surface area contributed by atoms with Crippen LogP contribution in [-0.4, -0.2) is 35.6 Å². The zero-order valence-electron chi connectivity index (χ0n) is 21.6. The number of imide groups is 1. The van der Waals surface area contributed by atoms with Crippen molar-refractivity contribution in [3.8, 4) is 11.5 Å². The lowest BCUT2D eigenvalue weighted by atomic mass is 9.59. The minimum absolute atomic E-state index is 0.0702. The molecule has 2 amide bonds. The number of methoxy groups -OCH3 is 1. The highest BCUT2D eigenvalue weighted by atomic mass is 16.5. The molecule has 0 spiro atoms.